The fraction of sp³-hybridized carbons (Fsp3) is 0.625. The Kier molecular flexibility index (Phi) is 5.11. The SMILES string of the molecule is C=CC(OC(=N)C(Cl)(Cl)Cl)C(C)C. The highest BCUT2D eigenvalue weighted by atomic mass is 35.6. The third-order valence-corrected chi connectivity index (χ3v) is 1.92. The maximum atomic E-state index is 7.30. The van der Waals surface area contributed by atoms with Crippen LogP contribution in [0.3, 0.4) is 0 Å². The Hall–Kier alpha value is 0.0800. The van der Waals surface area contributed by atoms with Crippen LogP contribution < -0.4 is 0 Å². The summed E-state index contributed by atoms with van der Waals surface area (Å²) in [5, 5.41) is 7.30. The summed E-state index contributed by atoms with van der Waals surface area (Å²) in [6.45, 7) is 7.42. The van der Waals surface area contributed by atoms with Crippen molar-refractivity contribution in [3.63, 3.8) is 0 Å². The molecule has 0 aromatic rings. The molecule has 0 aliphatic rings. The van der Waals surface area contributed by atoms with Gasteiger partial charge in [0, 0.05) is 0 Å². The van der Waals surface area contributed by atoms with Crippen molar-refractivity contribution in [3.05, 3.63) is 12.7 Å². The molecule has 0 heterocycles. The van der Waals surface area contributed by atoms with Gasteiger partial charge in [-0.2, -0.15) is 0 Å². The number of nitrogens with one attached hydrogen (secondary N) is 1. The first kappa shape index (κ1) is 13.1. The van der Waals surface area contributed by atoms with E-state index in [0.717, 1.165) is 0 Å². The van der Waals surface area contributed by atoms with E-state index in [2.05, 4.69) is 6.58 Å². The van der Waals surface area contributed by atoms with Crippen LogP contribution in [0.2, 0.25) is 0 Å². The number of hydrogen-bond donors (Lipinski definition) is 1. The summed E-state index contributed by atoms with van der Waals surface area (Å²) in [4.78, 5) is 0. The molecule has 0 spiro atoms. The standard InChI is InChI=1S/C8H12Cl3NO/c1-4-6(5(2)3)13-7(12)8(9,10)11/h4-6,12H,1H2,2-3H3. The summed E-state index contributed by atoms with van der Waals surface area (Å²) >= 11 is 16.3. The van der Waals surface area contributed by atoms with Gasteiger partial charge in [-0.25, -0.2) is 0 Å². The Morgan fingerprint density at radius 3 is 2.15 bits per heavy atom. The Labute approximate surface area is 93.3 Å². The number of ether oxygens (including phenoxy) is 1. The van der Waals surface area contributed by atoms with Crippen LogP contribution in [0, 0.1) is 11.3 Å². The Bertz CT molecular complexity index is 198. The third kappa shape index (κ3) is 4.75. The molecule has 1 atom stereocenters. The van der Waals surface area contributed by atoms with Crippen molar-refractivity contribution < 1.29 is 4.74 Å². The monoisotopic (exact) mass is 243 g/mol. The van der Waals surface area contributed by atoms with Crippen LogP contribution in [0.5, 0.6) is 0 Å². The van der Waals surface area contributed by atoms with E-state index < -0.39 is 3.79 Å². The zero-order valence-corrected chi connectivity index (χ0v) is 9.75. The van der Waals surface area contributed by atoms with Gasteiger partial charge in [0.1, 0.15) is 6.10 Å². The molecule has 76 valence electrons. The van der Waals surface area contributed by atoms with Crippen LogP contribution in [0.1, 0.15) is 13.8 Å². The molecule has 0 saturated heterocycles. The van der Waals surface area contributed by atoms with E-state index in [1.165, 1.54) is 0 Å². The lowest BCUT2D eigenvalue weighted by Gasteiger charge is -2.22. The van der Waals surface area contributed by atoms with Gasteiger partial charge >= 0.3 is 0 Å². The number of hydrogen-bond acceptors (Lipinski definition) is 2. The zero-order chi connectivity index (χ0) is 10.6. The van der Waals surface area contributed by atoms with Gasteiger partial charge in [-0.15, -0.1) is 0 Å². The van der Waals surface area contributed by atoms with Crippen molar-refractivity contribution in [2.75, 3.05) is 0 Å². The first-order valence-corrected chi connectivity index (χ1v) is 4.87. The minimum atomic E-state index is -1.80. The molecule has 5 heteroatoms. The molecule has 1 N–H and O–H groups in total. The van der Waals surface area contributed by atoms with Crippen LogP contribution >= 0.6 is 34.8 Å². The molecule has 1 unspecified atom stereocenters. The average Bonchev–Trinajstić information content (AvgIpc) is 1.96. The summed E-state index contributed by atoms with van der Waals surface area (Å²) < 4.78 is 3.30. The minimum Gasteiger partial charge on any atom is -0.470 e. The second-order valence-corrected chi connectivity index (χ2v) is 5.17. The molecule has 0 rings (SSSR count). The molecular formula is C8H12Cl3NO. The molecule has 0 aliphatic heterocycles. The van der Waals surface area contributed by atoms with E-state index in [-0.39, 0.29) is 17.9 Å². The first-order chi connectivity index (χ1) is 5.79. The molecule has 0 aromatic carbocycles. The number of rotatable bonds is 3. The van der Waals surface area contributed by atoms with Crippen molar-refractivity contribution in [1.82, 2.24) is 0 Å². The van der Waals surface area contributed by atoms with Crippen molar-refractivity contribution in [2.45, 2.75) is 23.7 Å². The minimum absolute atomic E-state index is 0.185. The van der Waals surface area contributed by atoms with Crippen LogP contribution in [0.4, 0.5) is 0 Å². The predicted octanol–water partition coefficient (Wildman–Crippen LogP) is 3.56. The molecule has 0 aliphatic carbocycles. The average molecular weight is 245 g/mol. The van der Waals surface area contributed by atoms with Crippen LogP contribution in [-0.2, 0) is 4.74 Å². The summed E-state index contributed by atoms with van der Waals surface area (Å²) in [7, 11) is 0. The highest BCUT2D eigenvalue weighted by molar-refractivity contribution is 6.76. The molecule has 0 fully saturated rings. The fourth-order valence-electron chi connectivity index (χ4n) is 0.659. The third-order valence-electron chi connectivity index (χ3n) is 1.40. The second-order valence-electron chi connectivity index (χ2n) is 2.89. The maximum absolute atomic E-state index is 7.30. The van der Waals surface area contributed by atoms with E-state index in [1.807, 2.05) is 13.8 Å². The van der Waals surface area contributed by atoms with Gasteiger partial charge in [0.2, 0.25) is 5.90 Å². The van der Waals surface area contributed by atoms with Crippen molar-refractivity contribution in [1.29, 1.82) is 5.41 Å². The topological polar surface area (TPSA) is 33.1 Å². The summed E-state index contributed by atoms with van der Waals surface area (Å²) in [6.07, 6.45) is 1.28. The second kappa shape index (κ2) is 5.08. The molecule has 2 nitrogen and oxygen atoms in total. The molecule has 0 aromatic heterocycles. The van der Waals surface area contributed by atoms with E-state index in [0.29, 0.717) is 0 Å². The van der Waals surface area contributed by atoms with Gasteiger partial charge in [-0.05, 0) is 5.92 Å². The molecular weight excluding hydrogens is 232 g/mol. The predicted molar refractivity (Wildman–Crippen MR) is 57.9 cm³/mol. The molecule has 0 amide bonds. The van der Waals surface area contributed by atoms with Gasteiger partial charge in [0.15, 0.2) is 0 Å². The highest BCUT2D eigenvalue weighted by Gasteiger charge is 2.30. The Balaban J connectivity index is 4.26. The van der Waals surface area contributed by atoms with Crippen LogP contribution in [0.15, 0.2) is 12.7 Å². The Morgan fingerprint density at radius 1 is 1.46 bits per heavy atom. The molecule has 13 heavy (non-hydrogen) atoms. The molecule has 0 radical (unpaired) electrons. The molecule has 0 saturated carbocycles. The van der Waals surface area contributed by atoms with Crippen molar-refractivity contribution >= 4 is 40.7 Å². The van der Waals surface area contributed by atoms with E-state index in [1.54, 1.807) is 6.08 Å². The summed E-state index contributed by atoms with van der Waals surface area (Å²) in [5.41, 5.74) is 0. The highest BCUT2D eigenvalue weighted by Crippen LogP contribution is 2.29. The maximum Gasteiger partial charge on any atom is 0.265 e. The molecule has 0 bridgehead atoms. The summed E-state index contributed by atoms with van der Waals surface area (Å²) in [5.74, 6) is -0.193. The van der Waals surface area contributed by atoms with Crippen LogP contribution in [0.25, 0.3) is 0 Å². The van der Waals surface area contributed by atoms with Gasteiger partial charge in [0.05, 0.1) is 0 Å². The van der Waals surface area contributed by atoms with Gasteiger partial charge in [-0.1, -0.05) is 61.3 Å². The largest absolute Gasteiger partial charge is 0.470 e. The first-order valence-electron chi connectivity index (χ1n) is 3.74. The van der Waals surface area contributed by atoms with Gasteiger partial charge in [0.25, 0.3) is 3.79 Å². The normalized spacial score (nSPS) is 14.0. The van der Waals surface area contributed by atoms with E-state index in [4.69, 9.17) is 44.9 Å². The van der Waals surface area contributed by atoms with Gasteiger partial charge < -0.3 is 4.74 Å². The number of alkyl halides is 3. The quantitative estimate of drug-likeness (QED) is 0.350. The van der Waals surface area contributed by atoms with E-state index >= 15 is 0 Å². The summed E-state index contributed by atoms with van der Waals surface area (Å²) in [6, 6.07) is 0. The van der Waals surface area contributed by atoms with Crippen LogP contribution in [-0.4, -0.2) is 15.8 Å². The zero-order valence-electron chi connectivity index (χ0n) is 7.48. The van der Waals surface area contributed by atoms with Crippen molar-refractivity contribution in [3.8, 4) is 0 Å². The fourth-order valence-corrected chi connectivity index (χ4v) is 0.793. The lowest BCUT2D eigenvalue weighted by atomic mass is 10.1. The van der Waals surface area contributed by atoms with E-state index in [9.17, 15) is 0 Å². The van der Waals surface area contributed by atoms with Crippen molar-refractivity contribution in [2.24, 2.45) is 5.92 Å². The lowest BCUT2D eigenvalue weighted by Crippen LogP contribution is -2.28. The Morgan fingerprint density at radius 2 is 1.92 bits per heavy atom. The number of halogens is 3. The smallest absolute Gasteiger partial charge is 0.265 e. The lowest BCUT2D eigenvalue weighted by molar-refractivity contribution is 0.179. The van der Waals surface area contributed by atoms with Gasteiger partial charge in [-0.3, -0.25) is 5.41 Å².